The van der Waals surface area contributed by atoms with Crippen LogP contribution in [0, 0.1) is 5.82 Å². The van der Waals surface area contributed by atoms with Gasteiger partial charge in [0.15, 0.2) is 0 Å². The van der Waals surface area contributed by atoms with E-state index in [4.69, 9.17) is 4.42 Å². The Kier molecular flexibility index (Phi) is 8.16. The van der Waals surface area contributed by atoms with Gasteiger partial charge in [0, 0.05) is 62.9 Å². The average molecular weight is 583 g/mol. The van der Waals surface area contributed by atoms with E-state index in [9.17, 15) is 17.6 Å². The minimum atomic E-state index is -3.55. The summed E-state index contributed by atoms with van der Waals surface area (Å²) in [5, 5.41) is 3.33. The van der Waals surface area contributed by atoms with Crippen LogP contribution < -0.4 is 9.62 Å². The number of furan rings is 1. The summed E-state index contributed by atoms with van der Waals surface area (Å²) in [4.78, 5) is 17.1. The van der Waals surface area contributed by atoms with E-state index in [1.165, 1.54) is 24.1 Å². The van der Waals surface area contributed by atoms with Gasteiger partial charge in [0.05, 0.1) is 17.0 Å². The minimum absolute atomic E-state index is 0.0809. The van der Waals surface area contributed by atoms with Gasteiger partial charge < -0.3 is 14.0 Å². The highest BCUT2D eigenvalue weighted by Gasteiger charge is 2.33. The molecule has 1 unspecified atom stereocenters. The largest absolute Gasteiger partial charge is 0.455 e. The number of amides is 1. The fourth-order valence-corrected chi connectivity index (χ4v) is 7.20. The second-order valence-corrected chi connectivity index (χ2v) is 12.7. The van der Waals surface area contributed by atoms with Crippen LogP contribution >= 0.6 is 11.9 Å². The summed E-state index contributed by atoms with van der Waals surface area (Å²) in [6.45, 7) is 0.801. The average Bonchev–Trinajstić information content (AvgIpc) is 3.35. The number of benzene rings is 2. The van der Waals surface area contributed by atoms with E-state index in [1.54, 1.807) is 48.0 Å². The predicted octanol–water partition coefficient (Wildman–Crippen LogP) is 5.42. The highest BCUT2D eigenvalue weighted by atomic mass is 32.2. The van der Waals surface area contributed by atoms with Crippen molar-refractivity contribution in [3.05, 3.63) is 83.4 Å². The van der Waals surface area contributed by atoms with Gasteiger partial charge in [-0.05, 0) is 72.4 Å². The number of nitrogens with zero attached hydrogens (tertiary/aromatic N) is 3. The lowest BCUT2D eigenvalue weighted by Crippen LogP contribution is -2.40. The summed E-state index contributed by atoms with van der Waals surface area (Å²) >= 11 is 1.53. The summed E-state index contributed by atoms with van der Waals surface area (Å²) in [7, 11) is -0.0473. The molecule has 2 aromatic carbocycles. The Morgan fingerprint density at radius 3 is 2.60 bits per heavy atom. The Labute approximate surface area is 237 Å². The number of aromatic nitrogens is 1. The van der Waals surface area contributed by atoms with Gasteiger partial charge in [-0.2, -0.15) is 0 Å². The van der Waals surface area contributed by atoms with E-state index < -0.39 is 10.0 Å². The smallest absolute Gasteiger partial charge is 0.255 e. The summed E-state index contributed by atoms with van der Waals surface area (Å²) in [5.74, 6) is -0.512. The van der Waals surface area contributed by atoms with E-state index in [0.717, 1.165) is 24.1 Å². The molecule has 1 amide bonds. The number of anilines is 1. The SMILES string of the molecule is CNC(=O)c1c(-c2ccc(F)cc2)oc2cc(N(C)SC)c(C3CCCN(S(=O)(=O)Cc4ccncc4)C3)cc12. The topological polar surface area (TPSA) is 95.8 Å². The minimum Gasteiger partial charge on any atom is -0.455 e. The molecule has 5 rings (SSSR count). The van der Waals surface area contributed by atoms with Gasteiger partial charge in [-0.3, -0.25) is 9.78 Å². The Hall–Kier alpha value is -3.41. The lowest BCUT2D eigenvalue weighted by atomic mass is 9.89. The number of nitrogens with one attached hydrogen (secondary N) is 1. The normalized spacial score (nSPS) is 16.2. The number of halogens is 1. The Morgan fingerprint density at radius 1 is 1.20 bits per heavy atom. The lowest BCUT2D eigenvalue weighted by Gasteiger charge is -2.34. The maximum absolute atomic E-state index is 13.6. The van der Waals surface area contributed by atoms with Crippen LogP contribution in [0.1, 0.15) is 40.2 Å². The standard InChI is InChI=1S/C29H31FN4O4S2/c1-31-29(35)27-24-15-23(21-5-4-14-34(17-21)40(36,37)18-19-10-12-32-13-11-19)25(33(2)39-3)16-26(24)38-28(27)20-6-8-22(30)9-7-20/h6-13,15-16,21H,4-5,14,17-18H2,1-3H3,(H,31,35). The second kappa shape index (κ2) is 11.6. The van der Waals surface area contributed by atoms with Crippen LogP contribution in [0.25, 0.3) is 22.3 Å². The number of carbonyl (C=O) groups excluding carboxylic acids is 1. The number of pyridine rings is 1. The summed E-state index contributed by atoms with van der Waals surface area (Å²) in [6.07, 6.45) is 6.68. The molecule has 1 N–H and O–H groups in total. The molecule has 1 atom stereocenters. The predicted molar refractivity (Wildman–Crippen MR) is 157 cm³/mol. The maximum atomic E-state index is 13.6. The molecule has 40 heavy (non-hydrogen) atoms. The van der Waals surface area contributed by atoms with Crippen molar-refractivity contribution in [1.82, 2.24) is 14.6 Å². The zero-order chi connectivity index (χ0) is 28.4. The van der Waals surface area contributed by atoms with Crippen LogP contribution in [0.3, 0.4) is 0 Å². The molecule has 210 valence electrons. The van der Waals surface area contributed by atoms with Crippen molar-refractivity contribution in [2.75, 3.05) is 37.7 Å². The molecular formula is C29H31FN4O4S2. The number of fused-ring (bicyclic) bond motifs is 1. The number of rotatable bonds is 8. The fraction of sp³-hybridized carbons (Fsp3) is 0.310. The zero-order valence-corrected chi connectivity index (χ0v) is 24.2. The van der Waals surface area contributed by atoms with E-state index in [1.807, 2.05) is 29.7 Å². The summed E-state index contributed by atoms with van der Waals surface area (Å²) < 4.78 is 50.2. The van der Waals surface area contributed by atoms with Crippen LogP contribution in [0.15, 0.2) is 65.3 Å². The molecule has 3 heterocycles. The van der Waals surface area contributed by atoms with E-state index in [2.05, 4.69) is 10.3 Å². The maximum Gasteiger partial charge on any atom is 0.255 e. The van der Waals surface area contributed by atoms with Gasteiger partial charge >= 0.3 is 0 Å². The molecule has 4 aromatic rings. The first-order valence-corrected chi connectivity index (χ1v) is 15.7. The Morgan fingerprint density at radius 2 is 1.93 bits per heavy atom. The van der Waals surface area contributed by atoms with Crippen molar-refractivity contribution >= 4 is 44.5 Å². The molecule has 0 radical (unpaired) electrons. The first-order valence-electron chi connectivity index (χ1n) is 12.9. The molecule has 1 aliphatic rings. The van der Waals surface area contributed by atoms with E-state index in [-0.39, 0.29) is 23.4 Å². The highest BCUT2D eigenvalue weighted by molar-refractivity contribution is 7.99. The molecule has 0 spiro atoms. The summed E-state index contributed by atoms with van der Waals surface area (Å²) in [5.41, 5.74) is 4.01. The molecule has 11 heteroatoms. The van der Waals surface area contributed by atoms with Crippen molar-refractivity contribution in [3.63, 3.8) is 0 Å². The van der Waals surface area contributed by atoms with E-state index in [0.29, 0.717) is 46.5 Å². The van der Waals surface area contributed by atoms with Crippen molar-refractivity contribution in [3.8, 4) is 11.3 Å². The highest BCUT2D eigenvalue weighted by Crippen LogP contribution is 2.42. The molecular weight excluding hydrogens is 551 g/mol. The molecule has 1 aliphatic heterocycles. The number of hydrogen-bond donors (Lipinski definition) is 1. The third-order valence-electron chi connectivity index (χ3n) is 7.33. The number of carbonyl (C=O) groups is 1. The Bertz CT molecular complexity index is 1630. The van der Waals surface area contributed by atoms with Crippen molar-refractivity contribution in [2.45, 2.75) is 24.5 Å². The van der Waals surface area contributed by atoms with E-state index >= 15 is 0 Å². The second-order valence-electron chi connectivity index (χ2n) is 9.79. The number of hydrogen-bond acceptors (Lipinski definition) is 7. The lowest BCUT2D eigenvalue weighted by molar-refractivity contribution is 0.0964. The van der Waals surface area contributed by atoms with Crippen LogP contribution in [0.4, 0.5) is 10.1 Å². The quantitative estimate of drug-likeness (QED) is 0.277. The van der Waals surface area contributed by atoms with Crippen molar-refractivity contribution < 1.29 is 22.0 Å². The molecule has 1 fully saturated rings. The third kappa shape index (κ3) is 5.59. The van der Waals surface area contributed by atoms with Crippen molar-refractivity contribution in [2.24, 2.45) is 0 Å². The Balaban J connectivity index is 1.59. The molecule has 0 aliphatic carbocycles. The first-order chi connectivity index (χ1) is 19.2. The van der Waals surface area contributed by atoms with Gasteiger partial charge in [-0.15, -0.1) is 0 Å². The van der Waals surface area contributed by atoms with Gasteiger partial charge in [-0.25, -0.2) is 17.1 Å². The van der Waals surface area contributed by atoms with Crippen LogP contribution in [0.2, 0.25) is 0 Å². The summed E-state index contributed by atoms with van der Waals surface area (Å²) in [6, 6.07) is 13.1. The molecule has 1 saturated heterocycles. The van der Waals surface area contributed by atoms with Crippen LogP contribution in [-0.2, 0) is 15.8 Å². The van der Waals surface area contributed by atoms with Gasteiger partial charge in [0.2, 0.25) is 10.0 Å². The molecule has 8 nitrogen and oxygen atoms in total. The number of piperidine rings is 1. The van der Waals surface area contributed by atoms with Crippen LogP contribution in [-0.4, -0.2) is 57.1 Å². The fourth-order valence-electron chi connectivity index (χ4n) is 5.23. The molecule has 0 bridgehead atoms. The molecule has 0 saturated carbocycles. The first kappa shape index (κ1) is 28.1. The monoisotopic (exact) mass is 582 g/mol. The van der Waals surface area contributed by atoms with Crippen LogP contribution in [0.5, 0.6) is 0 Å². The van der Waals surface area contributed by atoms with Gasteiger partial charge in [0.25, 0.3) is 5.91 Å². The third-order valence-corrected chi connectivity index (χ3v) is 9.89. The van der Waals surface area contributed by atoms with Crippen molar-refractivity contribution in [1.29, 1.82) is 0 Å². The zero-order valence-electron chi connectivity index (χ0n) is 22.6. The number of sulfonamides is 1. The van der Waals surface area contributed by atoms with Gasteiger partial charge in [0.1, 0.15) is 17.2 Å². The molecule has 2 aromatic heterocycles. The van der Waals surface area contributed by atoms with Gasteiger partial charge in [-0.1, -0.05) is 11.9 Å².